The number of nitrogens with one attached hydrogen (secondary N) is 1. The molecule has 4 aromatic rings. The third-order valence-electron chi connectivity index (χ3n) is 5.68. The molecule has 2 unspecified atom stereocenters. The van der Waals surface area contributed by atoms with E-state index in [4.69, 9.17) is 16.3 Å². The number of aromatic nitrogens is 3. The van der Waals surface area contributed by atoms with Gasteiger partial charge in [-0.25, -0.2) is 9.07 Å². The largest absolute Gasteiger partial charge is 0.480 e. The van der Waals surface area contributed by atoms with Crippen molar-refractivity contribution in [3.8, 4) is 5.75 Å². The molecule has 0 saturated heterocycles. The summed E-state index contributed by atoms with van der Waals surface area (Å²) in [5, 5.41) is 8.57. The van der Waals surface area contributed by atoms with Gasteiger partial charge in [-0.3, -0.25) is 0 Å². The molecule has 152 valence electrons. The van der Waals surface area contributed by atoms with E-state index in [2.05, 4.69) is 15.4 Å². The quantitative estimate of drug-likeness (QED) is 0.447. The third-order valence-corrected chi connectivity index (χ3v) is 5.93. The van der Waals surface area contributed by atoms with Gasteiger partial charge < -0.3 is 10.1 Å². The maximum Gasteiger partial charge on any atom is 0.226 e. The van der Waals surface area contributed by atoms with Gasteiger partial charge in [-0.05, 0) is 47.5 Å². The Hall–Kier alpha value is -3.64. The van der Waals surface area contributed by atoms with E-state index in [-0.39, 0.29) is 18.0 Å². The van der Waals surface area contributed by atoms with Gasteiger partial charge in [-0.15, -0.1) is 0 Å². The Morgan fingerprint density at radius 2 is 1.68 bits per heavy atom. The maximum atomic E-state index is 13.7. The van der Waals surface area contributed by atoms with Gasteiger partial charge in [0.25, 0.3) is 0 Å². The van der Waals surface area contributed by atoms with Crippen LogP contribution in [0.5, 0.6) is 5.75 Å². The van der Waals surface area contributed by atoms with Crippen LogP contribution in [0.3, 0.4) is 0 Å². The van der Waals surface area contributed by atoms with Crippen LogP contribution in [0.4, 0.5) is 10.3 Å². The predicted octanol–water partition coefficient (Wildman–Crippen LogP) is 5.63. The van der Waals surface area contributed by atoms with Gasteiger partial charge in [-0.2, -0.15) is 10.1 Å². The van der Waals surface area contributed by atoms with Crippen LogP contribution in [0.15, 0.2) is 84.7 Å². The molecule has 0 saturated carbocycles. The van der Waals surface area contributed by atoms with E-state index in [0.717, 1.165) is 33.7 Å². The van der Waals surface area contributed by atoms with Crippen LogP contribution in [-0.4, -0.2) is 14.8 Å². The molecule has 7 heteroatoms. The van der Waals surface area contributed by atoms with Gasteiger partial charge in [-0.1, -0.05) is 48.0 Å². The first-order chi connectivity index (χ1) is 15.2. The smallest absolute Gasteiger partial charge is 0.226 e. The van der Waals surface area contributed by atoms with Crippen molar-refractivity contribution in [1.82, 2.24) is 14.8 Å². The monoisotopic (exact) mass is 430 g/mol. The van der Waals surface area contributed by atoms with Gasteiger partial charge in [0.1, 0.15) is 30.0 Å². The fraction of sp³-hybridized carbons (Fsp3) is 0.0833. The van der Waals surface area contributed by atoms with E-state index in [1.807, 2.05) is 53.2 Å². The molecule has 3 heterocycles. The maximum absolute atomic E-state index is 13.7. The molecule has 2 aliphatic heterocycles. The second-order valence-corrected chi connectivity index (χ2v) is 7.92. The molecular formula is C24H16ClFN4O. The number of rotatable bonds is 2. The van der Waals surface area contributed by atoms with Crippen LogP contribution in [-0.2, 0) is 0 Å². The Kier molecular flexibility index (Phi) is 4.07. The van der Waals surface area contributed by atoms with Crippen LogP contribution in [0, 0.1) is 5.82 Å². The van der Waals surface area contributed by atoms with Gasteiger partial charge in [0, 0.05) is 16.2 Å². The molecule has 0 fully saturated rings. The van der Waals surface area contributed by atoms with Crippen molar-refractivity contribution < 1.29 is 9.13 Å². The highest BCUT2D eigenvalue weighted by Crippen LogP contribution is 2.50. The minimum absolute atomic E-state index is 0.287. The summed E-state index contributed by atoms with van der Waals surface area (Å²) in [6.07, 6.45) is 1.13. The average Bonchev–Trinajstić information content (AvgIpc) is 3.27. The summed E-state index contributed by atoms with van der Waals surface area (Å²) in [7, 11) is 0. The standard InChI is InChI=1S/C24H16ClFN4O/c25-16-9-5-15(6-10-16)23-20-21(18-3-1-2-4-19(18)31-23)29-24-27-13-28-30(24)22(20)14-7-11-17(26)12-8-14/h1-13,22-23H,(H,27,28,29). The van der Waals surface area contributed by atoms with Crippen molar-refractivity contribution >= 4 is 23.2 Å². The summed E-state index contributed by atoms with van der Waals surface area (Å²) in [5.41, 5.74) is 4.71. The SMILES string of the molecule is Fc1ccc(C2C3=C(Nc4ncnn42)c2ccccc2OC3c2ccc(Cl)cc2)cc1. The fourth-order valence-corrected chi connectivity index (χ4v) is 4.42. The van der Waals surface area contributed by atoms with E-state index < -0.39 is 0 Å². The molecule has 0 amide bonds. The number of ether oxygens (including phenoxy) is 1. The highest BCUT2D eigenvalue weighted by molar-refractivity contribution is 6.30. The molecule has 31 heavy (non-hydrogen) atoms. The highest BCUT2D eigenvalue weighted by atomic mass is 35.5. The van der Waals surface area contributed by atoms with Crippen molar-refractivity contribution in [2.75, 3.05) is 5.32 Å². The summed E-state index contributed by atoms with van der Waals surface area (Å²) in [5.74, 6) is 1.12. The summed E-state index contributed by atoms with van der Waals surface area (Å²) < 4.78 is 22.0. The average molecular weight is 431 g/mol. The zero-order valence-corrected chi connectivity index (χ0v) is 16.9. The van der Waals surface area contributed by atoms with Crippen molar-refractivity contribution in [2.24, 2.45) is 0 Å². The number of para-hydroxylation sites is 1. The normalized spacial score (nSPS) is 19.0. The summed E-state index contributed by atoms with van der Waals surface area (Å²) >= 11 is 6.14. The molecule has 0 aliphatic carbocycles. The van der Waals surface area contributed by atoms with E-state index in [1.165, 1.54) is 18.5 Å². The lowest BCUT2D eigenvalue weighted by Crippen LogP contribution is -2.32. The van der Waals surface area contributed by atoms with Crippen LogP contribution in [0.2, 0.25) is 5.02 Å². The van der Waals surface area contributed by atoms with Gasteiger partial charge in [0.05, 0.1) is 5.70 Å². The van der Waals surface area contributed by atoms with Gasteiger partial charge in [0.15, 0.2) is 0 Å². The molecule has 0 radical (unpaired) electrons. The Morgan fingerprint density at radius 3 is 2.48 bits per heavy atom. The van der Waals surface area contributed by atoms with Crippen LogP contribution in [0.1, 0.15) is 28.8 Å². The zero-order chi connectivity index (χ0) is 20.9. The number of hydrogen-bond acceptors (Lipinski definition) is 4. The number of nitrogens with zero attached hydrogens (tertiary/aromatic N) is 3. The minimum Gasteiger partial charge on any atom is -0.480 e. The first kappa shape index (κ1) is 18.2. The molecule has 2 aliphatic rings. The van der Waals surface area contributed by atoms with Crippen LogP contribution >= 0.6 is 11.6 Å². The summed E-state index contributed by atoms with van der Waals surface area (Å²) in [6.45, 7) is 0. The lowest BCUT2D eigenvalue weighted by molar-refractivity contribution is 0.223. The predicted molar refractivity (Wildman–Crippen MR) is 116 cm³/mol. The molecule has 6 rings (SSSR count). The van der Waals surface area contributed by atoms with Crippen LogP contribution in [0.25, 0.3) is 5.70 Å². The van der Waals surface area contributed by atoms with Crippen molar-refractivity contribution in [3.05, 3.63) is 112 Å². The molecule has 2 atom stereocenters. The Labute approximate surface area is 182 Å². The highest BCUT2D eigenvalue weighted by Gasteiger charge is 2.40. The lowest BCUT2D eigenvalue weighted by atomic mass is 9.84. The van der Waals surface area contributed by atoms with Crippen molar-refractivity contribution in [1.29, 1.82) is 0 Å². The van der Waals surface area contributed by atoms with Crippen molar-refractivity contribution in [2.45, 2.75) is 12.1 Å². The van der Waals surface area contributed by atoms with E-state index in [9.17, 15) is 4.39 Å². The Bertz CT molecular complexity index is 1310. The molecule has 3 aromatic carbocycles. The number of fused-ring (bicyclic) bond motifs is 3. The van der Waals surface area contributed by atoms with E-state index in [1.54, 1.807) is 12.1 Å². The molecular weight excluding hydrogens is 415 g/mol. The van der Waals surface area contributed by atoms with Crippen LogP contribution < -0.4 is 10.1 Å². The van der Waals surface area contributed by atoms with Gasteiger partial charge in [0.2, 0.25) is 5.95 Å². The number of anilines is 1. The molecule has 1 N–H and O–H groups in total. The summed E-state index contributed by atoms with van der Waals surface area (Å²) in [6, 6.07) is 21.7. The molecule has 0 bridgehead atoms. The lowest BCUT2D eigenvalue weighted by Gasteiger charge is -2.39. The molecule has 5 nitrogen and oxygen atoms in total. The molecule has 1 aromatic heterocycles. The Balaban J connectivity index is 1.62. The minimum atomic E-state index is -0.387. The van der Waals surface area contributed by atoms with E-state index >= 15 is 0 Å². The first-order valence-corrected chi connectivity index (χ1v) is 10.2. The molecule has 0 spiro atoms. The van der Waals surface area contributed by atoms with Gasteiger partial charge >= 0.3 is 0 Å². The zero-order valence-electron chi connectivity index (χ0n) is 16.2. The van der Waals surface area contributed by atoms with E-state index in [0.29, 0.717) is 11.0 Å². The number of hydrogen-bond donors (Lipinski definition) is 1. The van der Waals surface area contributed by atoms with Crippen molar-refractivity contribution in [3.63, 3.8) is 0 Å². The number of benzene rings is 3. The fourth-order valence-electron chi connectivity index (χ4n) is 4.30. The Morgan fingerprint density at radius 1 is 0.935 bits per heavy atom. The number of halogens is 2. The summed E-state index contributed by atoms with van der Waals surface area (Å²) in [4.78, 5) is 4.40. The second kappa shape index (κ2) is 6.96. The topological polar surface area (TPSA) is 52.0 Å². The second-order valence-electron chi connectivity index (χ2n) is 7.48. The first-order valence-electron chi connectivity index (χ1n) is 9.86. The third kappa shape index (κ3) is 2.91.